The van der Waals surface area contributed by atoms with E-state index in [-0.39, 0.29) is 38.6 Å². The molecule has 0 rings (SSSR count). The van der Waals surface area contributed by atoms with Crippen molar-refractivity contribution in [1.82, 2.24) is 0 Å². The van der Waals surface area contributed by atoms with Crippen LogP contribution < -0.4 is 0 Å². The number of rotatable bonds is 3. The van der Waals surface area contributed by atoms with E-state index in [1.807, 2.05) is 0 Å². The van der Waals surface area contributed by atoms with Gasteiger partial charge in [0, 0.05) is 52.1 Å². The quantitative estimate of drug-likeness (QED) is 0.526. The molecular formula is C4H8O2Tb. The molecule has 45 valence electrons. The minimum Gasteiger partial charge on any atom is -0.384 e. The van der Waals surface area contributed by atoms with E-state index in [4.69, 9.17) is 0 Å². The van der Waals surface area contributed by atoms with Crippen molar-refractivity contribution in [3.05, 3.63) is 0 Å². The van der Waals surface area contributed by atoms with Crippen molar-refractivity contribution in [3.63, 3.8) is 0 Å². The molecule has 0 aromatic carbocycles. The van der Waals surface area contributed by atoms with E-state index in [9.17, 15) is 4.79 Å². The monoisotopic (exact) mass is 247 g/mol. The summed E-state index contributed by atoms with van der Waals surface area (Å²) in [5, 5.41) is 0. The van der Waals surface area contributed by atoms with Gasteiger partial charge in [-0.3, -0.25) is 0 Å². The van der Waals surface area contributed by atoms with Gasteiger partial charge >= 0.3 is 0 Å². The summed E-state index contributed by atoms with van der Waals surface area (Å²) in [5.41, 5.74) is 0. The maximum absolute atomic E-state index is 9.48. The van der Waals surface area contributed by atoms with Crippen LogP contribution in [0.5, 0.6) is 0 Å². The van der Waals surface area contributed by atoms with Gasteiger partial charge in [0.05, 0.1) is 6.61 Å². The first-order valence-corrected chi connectivity index (χ1v) is 1.84. The Kier molecular flexibility index (Phi) is 15.5. The average molecular weight is 247 g/mol. The Labute approximate surface area is 74.0 Å². The number of methoxy groups -OCH3 is 1. The van der Waals surface area contributed by atoms with E-state index < -0.39 is 0 Å². The normalized spacial score (nSPS) is 7.00. The summed E-state index contributed by atoms with van der Waals surface area (Å²) in [6.45, 7) is 0.545. The molecule has 7 heavy (non-hydrogen) atoms. The Bertz CT molecular complexity index is 38.7. The second-order valence-electron chi connectivity index (χ2n) is 0.948. The number of carbonyl (C=O) groups excluding carboxylic acids is 1. The molecule has 3 heteroatoms. The van der Waals surface area contributed by atoms with Crippen molar-refractivity contribution in [2.24, 2.45) is 0 Å². The van der Waals surface area contributed by atoms with Crippen molar-refractivity contribution in [2.45, 2.75) is 6.42 Å². The summed E-state index contributed by atoms with van der Waals surface area (Å²) in [4.78, 5) is 9.48. The molecule has 0 amide bonds. The van der Waals surface area contributed by atoms with Crippen molar-refractivity contribution < 1.29 is 48.1 Å². The fourth-order valence-corrected chi connectivity index (χ4v) is 0.166. The summed E-state index contributed by atoms with van der Waals surface area (Å²) in [7, 11) is 1.57. The second-order valence-corrected chi connectivity index (χ2v) is 0.948. The van der Waals surface area contributed by atoms with Crippen LogP contribution in [0.25, 0.3) is 0 Å². The Hall–Kier alpha value is 0.916. The molecule has 0 fully saturated rings. The number of carbonyl (C=O) groups is 1. The van der Waals surface area contributed by atoms with Gasteiger partial charge in [-0.2, -0.15) is 0 Å². The molecule has 0 aliphatic rings. The smallest absolute Gasteiger partial charge is 0.122 e. The third kappa shape index (κ3) is 10.9. The molecule has 0 aliphatic carbocycles. The van der Waals surface area contributed by atoms with Crippen LogP contribution in [-0.4, -0.2) is 20.0 Å². The summed E-state index contributed by atoms with van der Waals surface area (Å²) in [5.74, 6) is 0. The third-order valence-electron chi connectivity index (χ3n) is 0.440. The first kappa shape index (κ1) is 10.8. The van der Waals surface area contributed by atoms with Gasteiger partial charge in [0.2, 0.25) is 0 Å². The van der Waals surface area contributed by atoms with Crippen LogP contribution in [-0.2, 0) is 9.53 Å². The van der Waals surface area contributed by atoms with E-state index in [0.29, 0.717) is 13.0 Å². The molecule has 0 spiro atoms. The molecule has 0 bridgehead atoms. The van der Waals surface area contributed by atoms with E-state index in [0.717, 1.165) is 6.29 Å². The largest absolute Gasteiger partial charge is 0.384 e. The van der Waals surface area contributed by atoms with Crippen LogP contribution in [0.4, 0.5) is 0 Å². The number of hydrogen-bond donors (Lipinski definition) is 0. The van der Waals surface area contributed by atoms with Crippen molar-refractivity contribution in [3.8, 4) is 0 Å². The maximum Gasteiger partial charge on any atom is 0.122 e. The molecule has 0 heterocycles. The molecule has 2 nitrogen and oxygen atoms in total. The Morgan fingerprint density at radius 2 is 2.29 bits per heavy atom. The van der Waals surface area contributed by atoms with Crippen LogP contribution in [0.1, 0.15) is 6.42 Å². The summed E-state index contributed by atoms with van der Waals surface area (Å²) < 4.78 is 4.55. The molecular weight excluding hydrogens is 239 g/mol. The second kappa shape index (κ2) is 10.0. The van der Waals surface area contributed by atoms with Gasteiger partial charge in [0.25, 0.3) is 0 Å². The van der Waals surface area contributed by atoms with Crippen LogP contribution in [0.3, 0.4) is 0 Å². The van der Waals surface area contributed by atoms with Gasteiger partial charge in [-0.1, -0.05) is 0 Å². The molecule has 0 aliphatic heterocycles. The zero-order chi connectivity index (χ0) is 4.83. The van der Waals surface area contributed by atoms with Crippen LogP contribution >= 0.6 is 0 Å². The first-order chi connectivity index (χ1) is 2.91. The van der Waals surface area contributed by atoms with E-state index in [1.165, 1.54) is 0 Å². The van der Waals surface area contributed by atoms with Gasteiger partial charge in [0.1, 0.15) is 6.29 Å². The summed E-state index contributed by atoms with van der Waals surface area (Å²) >= 11 is 0. The number of ether oxygens (including phenoxy) is 1. The average Bonchev–Trinajstić information content (AvgIpc) is 1.61. The van der Waals surface area contributed by atoms with E-state index in [1.54, 1.807) is 7.11 Å². The molecule has 0 saturated heterocycles. The zero-order valence-corrected chi connectivity index (χ0v) is 6.28. The van der Waals surface area contributed by atoms with Crippen molar-refractivity contribution in [2.75, 3.05) is 13.7 Å². The first-order valence-electron chi connectivity index (χ1n) is 1.84. The molecule has 0 unspecified atom stereocenters. The maximum atomic E-state index is 9.48. The third-order valence-corrected chi connectivity index (χ3v) is 0.440. The summed E-state index contributed by atoms with van der Waals surface area (Å²) in [6, 6.07) is 0. The molecule has 0 N–H and O–H groups in total. The van der Waals surface area contributed by atoms with Gasteiger partial charge < -0.3 is 9.53 Å². The predicted molar refractivity (Wildman–Crippen MR) is 22.6 cm³/mol. The Balaban J connectivity index is 0. The van der Waals surface area contributed by atoms with Crippen LogP contribution in [0, 0.1) is 38.6 Å². The molecule has 0 aromatic rings. The topological polar surface area (TPSA) is 26.3 Å². The Morgan fingerprint density at radius 1 is 1.71 bits per heavy atom. The number of aldehydes is 1. The van der Waals surface area contributed by atoms with Crippen molar-refractivity contribution in [1.29, 1.82) is 0 Å². The van der Waals surface area contributed by atoms with Gasteiger partial charge in [-0.25, -0.2) is 0 Å². The minimum absolute atomic E-state index is 0. The van der Waals surface area contributed by atoms with Gasteiger partial charge in [-0.05, 0) is 0 Å². The van der Waals surface area contributed by atoms with Crippen LogP contribution in [0.2, 0.25) is 0 Å². The Morgan fingerprint density at radius 3 is 2.43 bits per heavy atom. The SMILES string of the molecule is COCCC=O.[Tb]. The standard InChI is InChI=1S/C4H8O2.Tb/c1-6-4-2-3-5;/h3H,2,4H2,1H3;. The minimum atomic E-state index is 0. The molecule has 0 aromatic heterocycles. The summed E-state index contributed by atoms with van der Waals surface area (Å²) in [6.07, 6.45) is 1.35. The predicted octanol–water partition coefficient (Wildman–Crippen LogP) is 0.222. The van der Waals surface area contributed by atoms with Gasteiger partial charge in [-0.15, -0.1) is 0 Å². The molecule has 1 radical (unpaired) electrons. The van der Waals surface area contributed by atoms with Crippen molar-refractivity contribution >= 4 is 6.29 Å². The fraction of sp³-hybridized carbons (Fsp3) is 0.750. The van der Waals surface area contributed by atoms with E-state index in [2.05, 4.69) is 4.74 Å². The molecule has 0 atom stereocenters. The van der Waals surface area contributed by atoms with Crippen LogP contribution in [0.15, 0.2) is 0 Å². The molecule has 0 saturated carbocycles. The van der Waals surface area contributed by atoms with E-state index >= 15 is 0 Å². The van der Waals surface area contributed by atoms with Gasteiger partial charge in [0.15, 0.2) is 0 Å². The zero-order valence-electron chi connectivity index (χ0n) is 4.14. The fourth-order valence-electron chi connectivity index (χ4n) is 0.166. The number of hydrogen-bond acceptors (Lipinski definition) is 2.